The van der Waals surface area contributed by atoms with Crippen molar-refractivity contribution in [1.29, 1.82) is 0 Å². The van der Waals surface area contributed by atoms with Crippen molar-refractivity contribution in [1.82, 2.24) is 0 Å². The van der Waals surface area contributed by atoms with Crippen LogP contribution in [0.3, 0.4) is 0 Å². The third-order valence-corrected chi connectivity index (χ3v) is 5.13. The normalized spacial score (nSPS) is 13.4. The van der Waals surface area contributed by atoms with Gasteiger partial charge in [-0.05, 0) is 37.1 Å². The zero-order valence-electron chi connectivity index (χ0n) is 12.9. The van der Waals surface area contributed by atoms with E-state index in [9.17, 15) is 0 Å². The van der Waals surface area contributed by atoms with Gasteiger partial charge in [-0.2, -0.15) is 0 Å². The van der Waals surface area contributed by atoms with Gasteiger partial charge in [0.05, 0.1) is 6.61 Å². The molecule has 2 aromatic rings. The van der Waals surface area contributed by atoms with Crippen molar-refractivity contribution in [2.24, 2.45) is 0 Å². The summed E-state index contributed by atoms with van der Waals surface area (Å²) in [5.41, 5.74) is 1.01. The summed E-state index contributed by atoms with van der Waals surface area (Å²) >= 11 is 5.58. The molecule has 1 atom stereocenters. The Labute approximate surface area is 137 Å². The van der Waals surface area contributed by atoms with Crippen LogP contribution < -0.4 is 9.05 Å². The van der Waals surface area contributed by atoms with Crippen LogP contribution in [-0.2, 0) is 16.3 Å². The molecule has 0 N–H and O–H groups in total. The van der Waals surface area contributed by atoms with Crippen molar-refractivity contribution in [2.45, 2.75) is 26.7 Å². The van der Waals surface area contributed by atoms with Crippen molar-refractivity contribution < 1.29 is 13.6 Å². The summed E-state index contributed by atoms with van der Waals surface area (Å²) in [6.45, 7) is 1.73. The molecular formula is C17H21O3PS. The van der Waals surface area contributed by atoms with Crippen LogP contribution in [-0.4, -0.2) is 6.61 Å². The second-order valence-electron chi connectivity index (χ2n) is 4.90. The molecule has 5 heteroatoms. The van der Waals surface area contributed by atoms with E-state index in [0.717, 1.165) is 18.4 Å². The van der Waals surface area contributed by atoms with E-state index < -0.39 is 6.72 Å². The van der Waals surface area contributed by atoms with E-state index in [1.165, 1.54) is 0 Å². The number of unbranched alkanes of at least 4 members (excludes halogenated alkanes) is 1. The van der Waals surface area contributed by atoms with E-state index in [1.54, 1.807) is 0 Å². The van der Waals surface area contributed by atoms with Gasteiger partial charge in [-0.3, -0.25) is 4.52 Å². The highest BCUT2D eigenvalue weighted by Crippen LogP contribution is 2.50. The van der Waals surface area contributed by atoms with E-state index in [2.05, 4.69) is 6.92 Å². The Kier molecular flexibility index (Phi) is 6.44. The first-order valence-corrected chi connectivity index (χ1v) is 9.93. The molecule has 0 heterocycles. The van der Waals surface area contributed by atoms with Crippen LogP contribution in [0.2, 0.25) is 0 Å². The van der Waals surface area contributed by atoms with E-state index in [-0.39, 0.29) is 0 Å². The van der Waals surface area contributed by atoms with Gasteiger partial charge < -0.3 is 9.05 Å². The lowest BCUT2D eigenvalue weighted by Crippen LogP contribution is -2.06. The van der Waals surface area contributed by atoms with Gasteiger partial charge in [0.1, 0.15) is 11.5 Å². The highest BCUT2D eigenvalue weighted by Gasteiger charge is 2.25. The lowest BCUT2D eigenvalue weighted by Gasteiger charge is -2.23. The maximum absolute atomic E-state index is 5.96. The summed E-state index contributed by atoms with van der Waals surface area (Å²) < 4.78 is 17.7. The summed E-state index contributed by atoms with van der Waals surface area (Å²) in [7, 11) is 0. The van der Waals surface area contributed by atoms with Crippen LogP contribution >= 0.6 is 6.72 Å². The molecule has 3 nitrogen and oxygen atoms in total. The summed E-state index contributed by atoms with van der Waals surface area (Å²) in [6, 6.07) is 17.2. The molecule has 2 rings (SSSR count). The summed E-state index contributed by atoms with van der Waals surface area (Å²) in [6.07, 6.45) is 1.96. The Hall–Kier alpha value is -1.35. The first-order chi connectivity index (χ1) is 10.6. The molecule has 0 spiro atoms. The molecule has 0 bridgehead atoms. The fourth-order valence-electron chi connectivity index (χ4n) is 1.78. The van der Waals surface area contributed by atoms with Gasteiger partial charge >= 0.3 is 6.72 Å². The Morgan fingerprint density at radius 3 is 2.32 bits per heavy atom. The summed E-state index contributed by atoms with van der Waals surface area (Å²) in [5, 5.41) is 0. The SMILES string of the molecule is CCCCOP(=S)(Oc1ccccc1)Oc1ccccc1C. The monoisotopic (exact) mass is 336 g/mol. The molecule has 0 fully saturated rings. The minimum Gasteiger partial charge on any atom is -0.416 e. The van der Waals surface area contributed by atoms with Crippen LogP contribution in [0.4, 0.5) is 0 Å². The molecule has 0 amide bonds. The molecule has 0 saturated heterocycles. The van der Waals surface area contributed by atoms with Gasteiger partial charge in [-0.25, -0.2) is 0 Å². The average Bonchev–Trinajstić information content (AvgIpc) is 2.51. The van der Waals surface area contributed by atoms with Crippen molar-refractivity contribution in [3.63, 3.8) is 0 Å². The molecule has 0 aliphatic carbocycles. The first kappa shape index (κ1) is 17.0. The van der Waals surface area contributed by atoms with Crippen molar-refractivity contribution in [2.75, 3.05) is 6.61 Å². The highest BCUT2D eigenvalue weighted by molar-refractivity contribution is 8.07. The summed E-state index contributed by atoms with van der Waals surface area (Å²) in [4.78, 5) is 0. The zero-order chi connectivity index (χ0) is 15.8. The van der Waals surface area contributed by atoms with Crippen molar-refractivity contribution in [3.05, 3.63) is 60.2 Å². The third kappa shape index (κ3) is 5.13. The largest absolute Gasteiger partial charge is 0.434 e. The van der Waals surface area contributed by atoms with Gasteiger partial charge in [-0.1, -0.05) is 49.7 Å². The average molecular weight is 336 g/mol. The second-order valence-corrected chi connectivity index (χ2v) is 7.75. The smallest absolute Gasteiger partial charge is 0.416 e. The van der Waals surface area contributed by atoms with E-state index in [1.807, 2.05) is 61.5 Å². The van der Waals surface area contributed by atoms with Gasteiger partial charge in [0.2, 0.25) is 0 Å². The third-order valence-electron chi connectivity index (χ3n) is 3.01. The highest BCUT2D eigenvalue weighted by atomic mass is 32.5. The van der Waals surface area contributed by atoms with Gasteiger partial charge in [-0.15, -0.1) is 0 Å². The van der Waals surface area contributed by atoms with Crippen LogP contribution in [0.5, 0.6) is 11.5 Å². The minimum atomic E-state index is -2.89. The lowest BCUT2D eigenvalue weighted by atomic mass is 10.2. The first-order valence-electron chi connectivity index (χ1n) is 7.37. The Morgan fingerprint density at radius 1 is 0.955 bits per heavy atom. The number of hydrogen-bond donors (Lipinski definition) is 0. The number of para-hydroxylation sites is 2. The fraction of sp³-hybridized carbons (Fsp3) is 0.294. The lowest BCUT2D eigenvalue weighted by molar-refractivity contribution is 0.257. The molecule has 0 aliphatic heterocycles. The maximum atomic E-state index is 5.96. The number of aryl methyl sites for hydroxylation is 1. The van der Waals surface area contributed by atoms with E-state index in [4.69, 9.17) is 25.4 Å². The predicted octanol–water partition coefficient (Wildman–Crippen LogP) is 5.49. The number of rotatable bonds is 8. The predicted molar refractivity (Wildman–Crippen MR) is 94.0 cm³/mol. The van der Waals surface area contributed by atoms with Crippen molar-refractivity contribution in [3.8, 4) is 11.5 Å². The molecule has 22 heavy (non-hydrogen) atoms. The van der Waals surface area contributed by atoms with E-state index in [0.29, 0.717) is 18.1 Å². The molecule has 0 aliphatic rings. The number of benzene rings is 2. The fourth-order valence-corrected chi connectivity index (χ4v) is 3.83. The quantitative estimate of drug-likeness (QED) is 0.470. The molecule has 0 aromatic heterocycles. The zero-order valence-corrected chi connectivity index (χ0v) is 14.6. The Bertz CT molecular complexity index is 631. The van der Waals surface area contributed by atoms with Crippen molar-refractivity contribution >= 4 is 18.5 Å². The van der Waals surface area contributed by atoms with E-state index >= 15 is 0 Å². The van der Waals surface area contributed by atoms with Gasteiger partial charge in [0.15, 0.2) is 0 Å². The van der Waals surface area contributed by atoms with Crippen LogP contribution in [0.15, 0.2) is 54.6 Å². The molecule has 2 aromatic carbocycles. The molecular weight excluding hydrogens is 315 g/mol. The van der Waals surface area contributed by atoms with Crippen LogP contribution in [0.25, 0.3) is 0 Å². The molecule has 0 saturated carbocycles. The van der Waals surface area contributed by atoms with Gasteiger partial charge in [0.25, 0.3) is 0 Å². The minimum absolute atomic E-state index is 0.534. The summed E-state index contributed by atoms with van der Waals surface area (Å²) in [5.74, 6) is 1.37. The second kappa shape index (κ2) is 8.33. The Balaban J connectivity index is 2.17. The number of hydrogen-bond acceptors (Lipinski definition) is 4. The maximum Gasteiger partial charge on any atom is 0.434 e. The molecule has 0 radical (unpaired) electrons. The standard InChI is InChI=1S/C17H21O3PS/c1-3-4-14-18-21(22,19-16-11-6-5-7-12-16)20-17-13-9-8-10-15(17)2/h5-13H,3-4,14H2,1-2H3. The van der Waals surface area contributed by atoms with Gasteiger partial charge in [0, 0.05) is 11.8 Å². The Morgan fingerprint density at radius 2 is 1.64 bits per heavy atom. The molecule has 1 unspecified atom stereocenters. The van der Waals surface area contributed by atoms with Crippen LogP contribution in [0.1, 0.15) is 25.3 Å². The molecule has 118 valence electrons. The van der Waals surface area contributed by atoms with Crippen LogP contribution in [0, 0.1) is 6.92 Å². The topological polar surface area (TPSA) is 27.7 Å².